The number of hydrogen-bond acceptors (Lipinski definition) is 4. The van der Waals surface area contributed by atoms with Crippen molar-refractivity contribution in [2.24, 2.45) is 0 Å². The zero-order valence-electron chi connectivity index (χ0n) is 12.3. The summed E-state index contributed by atoms with van der Waals surface area (Å²) in [5.41, 5.74) is 0. The Morgan fingerprint density at radius 1 is 1.20 bits per heavy atom. The number of phenolic OH excluding ortho intramolecular Hbond substituents is 1. The second-order valence-corrected chi connectivity index (χ2v) is 5.98. The maximum Gasteiger partial charge on any atom is 0.319 e. The Morgan fingerprint density at radius 3 is 2.50 bits per heavy atom. The van der Waals surface area contributed by atoms with Gasteiger partial charge in [-0.05, 0) is 37.6 Å². The van der Waals surface area contributed by atoms with Crippen molar-refractivity contribution in [3.8, 4) is 5.75 Å². The summed E-state index contributed by atoms with van der Waals surface area (Å²) >= 11 is 1.52. The third-order valence-corrected chi connectivity index (χ3v) is 4.24. The number of carbonyl (C=O) groups is 1. The fourth-order valence-corrected chi connectivity index (χ4v) is 2.98. The molecule has 1 atom stereocenters. The summed E-state index contributed by atoms with van der Waals surface area (Å²) in [6, 6.07) is 6.94. The normalized spacial score (nSPS) is 12.1. The van der Waals surface area contributed by atoms with E-state index in [0.29, 0.717) is 6.61 Å². The molecule has 0 aliphatic rings. The second-order valence-electron chi connectivity index (χ2n) is 4.70. The van der Waals surface area contributed by atoms with E-state index in [1.807, 2.05) is 19.1 Å². The van der Waals surface area contributed by atoms with E-state index >= 15 is 0 Å². The molecule has 0 saturated heterocycles. The highest BCUT2D eigenvalue weighted by Crippen LogP contribution is 2.29. The van der Waals surface area contributed by atoms with Crippen molar-refractivity contribution in [1.29, 1.82) is 0 Å². The van der Waals surface area contributed by atoms with E-state index in [4.69, 9.17) is 4.74 Å². The first-order chi connectivity index (χ1) is 9.67. The molecule has 0 radical (unpaired) electrons. The summed E-state index contributed by atoms with van der Waals surface area (Å²) in [6.07, 6.45) is 5.43. The lowest BCUT2D eigenvalue weighted by atomic mass is 10.1. The van der Waals surface area contributed by atoms with Gasteiger partial charge in [0.15, 0.2) is 0 Å². The highest BCUT2D eigenvalue weighted by Gasteiger charge is 2.20. The molecule has 0 unspecified atom stereocenters. The van der Waals surface area contributed by atoms with Crippen LogP contribution in [0.4, 0.5) is 0 Å². The predicted octanol–water partition coefficient (Wildman–Crippen LogP) is 4.39. The molecule has 3 nitrogen and oxygen atoms in total. The topological polar surface area (TPSA) is 46.5 Å². The van der Waals surface area contributed by atoms with Crippen molar-refractivity contribution < 1.29 is 14.6 Å². The number of esters is 1. The van der Waals surface area contributed by atoms with E-state index in [0.717, 1.165) is 24.2 Å². The number of rotatable bonds is 9. The van der Waals surface area contributed by atoms with Gasteiger partial charge in [0, 0.05) is 4.90 Å². The summed E-state index contributed by atoms with van der Waals surface area (Å²) in [6.45, 7) is 4.42. The molecule has 20 heavy (non-hydrogen) atoms. The van der Waals surface area contributed by atoms with Gasteiger partial charge in [-0.3, -0.25) is 4.79 Å². The van der Waals surface area contributed by atoms with E-state index < -0.39 is 0 Å². The average Bonchev–Trinajstić information content (AvgIpc) is 2.44. The fourth-order valence-electron chi connectivity index (χ4n) is 1.91. The van der Waals surface area contributed by atoms with Crippen molar-refractivity contribution in [1.82, 2.24) is 0 Å². The number of ether oxygens (including phenoxy) is 1. The third-order valence-electron chi connectivity index (χ3n) is 2.98. The van der Waals surface area contributed by atoms with Crippen LogP contribution in [-0.2, 0) is 9.53 Å². The van der Waals surface area contributed by atoms with Crippen LogP contribution < -0.4 is 0 Å². The molecule has 0 amide bonds. The molecule has 1 aromatic carbocycles. The molecule has 0 aliphatic heterocycles. The second kappa shape index (κ2) is 9.70. The molecule has 0 bridgehead atoms. The summed E-state index contributed by atoms with van der Waals surface area (Å²) in [7, 11) is 0. The van der Waals surface area contributed by atoms with Crippen molar-refractivity contribution in [2.45, 2.75) is 56.1 Å². The lowest BCUT2D eigenvalue weighted by Crippen LogP contribution is -2.20. The first kappa shape index (κ1) is 16.9. The molecule has 0 aliphatic carbocycles. The molecule has 1 N–H and O–H groups in total. The maximum atomic E-state index is 12.0. The summed E-state index contributed by atoms with van der Waals surface area (Å²) in [5.74, 6) is 0.104. The van der Waals surface area contributed by atoms with Crippen molar-refractivity contribution in [3.63, 3.8) is 0 Å². The predicted molar refractivity (Wildman–Crippen MR) is 83.1 cm³/mol. The standard InChI is InChI=1S/C16H24O3S/c1-3-5-6-7-8-15(16(18)19-4-2)20-14-11-9-13(17)10-12-14/h9-12,15,17H,3-8H2,1-2H3/t15-/m0/s1. The van der Waals surface area contributed by atoms with Gasteiger partial charge < -0.3 is 9.84 Å². The number of aromatic hydroxyl groups is 1. The number of benzene rings is 1. The van der Waals surface area contributed by atoms with Crippen molar-refractivity contribution in [3.05, 3.63) is 24.3 Å². The Balaban J connectivity index is 2.56. The Labute approximate surface area is 125 Å². The number of hydrogen-bond donors (Lipinski definition) is 1. The van der Waals surface area contributed by atoms with Crippen LogP contribution >= 0.6 is 11.8 Å². The van der Waals surface area contributed by atoms with E-state index in [1.165, 1.54) is 24.6 Å². The lowest BCUT2D eigenvalue weighted by molar-refractivity contribution is -0.142. The Hall–Kier alpha value is -1.16. The summed E-state index contributed by atoms with van der Waals surface area (Å²) in [5, 5.41) is 9.13. The minimum Gasteiger partial charge on any atom is -0.508 e. The zero-order valence-corrected chi connectivity index (χ0v) is 13.1. The van der Waals surface area contributed by atoms with Gasteiger partial charge in [-0.1, -0.05) is 32.6 Å². The smallest absolute Gasteiger partial charge is 0.319 e. The van der Waals surface area contributed by atoms with Crippen LogP contribution in [0.15, 0.2) is 29.2 Å². The van der Waals surface area contributed by atoms with Crippen LogP contribution in [0, 0.1) is 0 Å². The van der Waals surface area contributed by atoms with Gasteiger partial charge in [-0.15, -0.1) is 11.8 Å². The highest BCUT2D eigenvalue weighted by molar-refractivity contribution is 8.00. The van der Waals surface area contributed by atoms with Gasteiger partial charge in [0.2, 0.25) is 0 Å². The van der Waals surface area contributed by atoms with Crippen LogP contribution in [0.25, 0.3) is 0 Å². The quantitative estimate of drug-likeness (QED) is 0.417. The van der Waals surface area contributed by atoms with Crippen LogP contribution in [0.1, 0.15) is 46.0 Å². The van der Waals surface area contributed by atoms with E-state index in [9.17, 15) is 9.90 Å². The molecule has 0 fully saturated rings. The van der Waals surface area contributed by atoms with Gasteiger partial charge in [-0.2, -0.15) is 0 Å². The average molecular weight is 296 g/mol. The number of unbranched alkanes of at least 4 members (excludes halogenated alkanes) is 3. The van der Waals surface area contributed by atoms with Crippen LogP contribution in [0.5, 0.6) is 5.75 Å². The molecule has 0 heterocycles. The van der Waals surface area contributed by atoms with E-state index in [2.05, 4.69) is 6.92 Å². The van der Waals surface area contributed by atoms with Crippen LogP contribution in [0.3, 0.4) is 0 Å². The van der Waals surface area contributed by atoms with Gasteiger partial charge in [-0.25, -0.2) is 0 Å². The molecular weight excluding hydrogens is 272 g/mol. The molecule has 112 valence electrons. The molecule has 1 rings (SSSR count). The summed E-state index contributed by atoms with van der Waals surface area (Å²) < 4.78 is 5.15. The van der Waals surface area contributed by atoms with E-state index in [1.54, 1.807) is 12.1 Å². The number of thioether (sulfide) groups is 1. The molecule has 0 spiro atoms. The van der Waals surface area contributed by atoms with Gasteiger partial charge >= 0.3 is 5.97 Å². The Bertz CT molecular complexity index is 389. The van der Waals surface area contributed by atoms with Gasteiger partial charge in [0.25, 0.3) is 0 Å². The van der Waals surface area contributed by atoms with Crippen molar-refractivity contribution in [2.75, 3.05) is 6.61 Å². The first-order valence-corrected chi connectivity index (χ1v) is 8.17. The number of carbonyl (C=O) groups excluding carboxylic acids is 1. The first-order valence-electron chi connectivity index (χ1n) is 7.29. The van der Waals surface area contributed by atoms with E-state index in [-0.39, 0.29) is 17.0 Å². The Kier molecular flexibility index (Phi) is 8.19. The Morgan fingerprint density at radius 2 is 1.90 bits per heavy atom. The lowest BCUT2D eigenvalue weighted by Gasteiger charge is -2.15. The van der Waals surface area contributed by atoms with Crippen LogP contribution in [-0.4, -0.2) is 22.9 Å². The monoisotopic (exact) mass is 296 g/mol. The zero-order chi connectivity index (χ0) is 14.8. The molecule has 4 heteroatoms. The SMILES string of the molecule is CCCCCC[C@H](Sc1ccc(O)cc1)C(=O)OCC. The highest BCUT2D eigenvalue weighted by atomic mass is 32.2. The van der Waals surface area contributed by atoms with Crippen LogP contribution in [0.2, 0.25) is 0 Å². The molecule has 0 saturated carbocycles. The molecule has 1 aromatic rings. The largest absolute Gasteiger partial charge is 0.508 e. The fraction of sp³-hybridized carbons (Fsp3) is 0.562. The third kappa shape index (κ3) is 6.33. The van der Waals surface area contributed by atoms with Crippen molar-refractivity contribution >= 4 is 17.7 Å². The summed E-state index contributed by atoms with van der Waals surface area (Å²) in [4.78, 5) is 13.0. The van der Waals surface area contributed by atoms with Gasteiger partial charge in [0.05, 0.1) is 6.61 Å². The van der Waals surface area contributed by atoms with Gasteiger partial charge in [0.1, 0.15) is 11.0 Å². The minimum absolute atomic E-state index is 0.137. The maximum absolute atomic E-state index is 12.0. The molecular formula is C16H24O3S. The minimum atomic E-state index is -0.156. The molecule has 0 aromatic heterocycles. The number of phenols is 1.